The molecule has 0 radical (unpaired) electrons. The minimum Gasteiger partial charge on any atom is -0.486 e. The lowest BCUT2D eigenvalue weighted by molar-refractivity contribution is -0.159. The van der Waals surface area contributed by atoms with E-state index in [1.807, 2.05) is 30.6 Å². The summed E-state index contributed by atoms with van der Waals surface area (Å²) in [6.45, 7) is 11.6. The quantitative estimate of drug-likeness (QED) is 0.255. The SMILES string of the molecule is CCN1CCN(CCCN2CC[C@H](NC(=O)c3cc(Cl)c(N)c4c3OC(C)(C)C4)[C@H](OC)C2)C1=O.O=C(O)C(=O)O. The summed E-state index contributed by atoms with van der Waals surface area (Å²) in [5.74, 6) is -3.35. The van der Waals surface area contributed by atoms with E-state index < -0.39 is 17.5 Å². The summed E-state index contributed by atoms with van der Waals surface area (Å²) in [4.78, 5) is 49.9. The van der Waals surface area contributed by atoms with Gasteiger partial charge in [0.1, 0.15) is 11.4 Å². The number of nitrogens with one attached hydrogen (secondary N) is 1. The number of likely N-dealkylation sites (N-methyl/N-ethyl adjacent to an activating group) is 1. The number of methoxy groups -OCH3 is 1. The third-order valence-corrected chi connectivity index (χ3v) is 7.82. The molecule has 1 aromatic carbocycles. The Hall–Kier alpha value is -3.29. The lowest BCUT2D eigenvalue weighted by atomic mass is 9.97. The van der Waals surface area contributed by atoms with Crippen molar-refractivity contribution in [2.75, 3.05) is 58.7 Å². The number of nitrogen functional groups attached to an aromatic ring is 1. The van der Waals surface area contributed by atoms with E-state index in [4.69, 9.17) is 46.6 Å². The fourth-order valence-electron chi connectivity index (χ4n) is 5.35. The van der Waals surface area contributed by atoms with Crippen molar-refractivity contribution < 1.29 is 38.9 Å². The van der Waals surface area contributed by atoms with Crippen molar-refractivity contribution in [3.63, 3.8) is 0 Å². The van der Waals surface area contributed by atoms with Gasteiger partial charge in [-0.25, -0.2) is 14.4 Å². The van der Waals surface area contributed by atoms with E-state index in [9.17, 15) is 9.59 Å². The van der Waals surface area contributed by atoms with E-state index in [-0.39, 0.29) is 24.1 Å². The molecule has 0 unspecified atom stereocenters. The van der Waals surface area contributed by atoms with Crippen LogP contribution in [0.5, 0.6) is 5.75 Å². The fraction of sp³-hybridized carbons (Fsp3) is 0.630. The number of nitrogens with zero attached hydrogens (tertiary/aromatic N) is 3. The summed E-state index contributed by atoms with van der Waals surface area (Å²) in [7, 11) is 1.68. The van der Waals surface area contributed by atoms with Gasteiger partial charge in [-0.2, -0.15) is 0 Å². The number of amides is 3. The van der Waals surface area contributed by atoms with Gasteiger partial charge in [-0.3, -0.25) is 4.79 Å². The van der Waals surface area contributed by atoms with Gasteiger partial charge in [-0.05, 0) is 46.2 Å². The number of nitrogens with two attached hydrogens (primary N) is 1. The van der Waals surface area contributed by atoms with E-state index >= 15 is 0 Å². The maximum atomic E-state index is 13.3. The normalized spacial score (nSPS) is 21.5. The number of likely N-dealkylation sites (tertiary alicyclic amines) is 1. The number of piperidine rings is 1. The molecule has 2 atom stereocenters. The number of rotatable bonds is 8. The number of aliphatic carboxylic acids is 2. The highest BCUT2D eigenvalue weighted by Crippen LogP contribution is 2.44. The maximum absolute atomic E-state index is 13.3. The van der Waals surface area contributed by atoms with Crippen LogP contribution in [0.25, 0.3) is 0 Å². The van der Waals surface area contributed by atoms with Gasteiger partial charge in [0.15, 0.2) is 0 Å². The van der Waals surface area contributed by atoms with Gasteiger partial charge in [0.25, 0.3) is 5.91 Å². The van der Waals surface area contributed by atoms with Crippen LogP contribution in [-0.2, 0) is 20.7 Å². The first-order valence-corrected chi connectivity index (χ1v) is 14.0. The number of ether oxygens (including phenoxy) is 2. The Morgan fingerprint density at radius 1 is 1.17 bits per heavy atom. The Bertz CT molecular complexity index is 1150. The molecule has 0 spiro atoms. The predicted octanol–water partition coefficient (Wildman–Crippen LogP) is 1.76. The summed E-state index contributed by atoms with van der Waals surface area (Å²) in [5, 5.41) is 18.3. The van der Waals surface area contributed by atoms with Gasteiger partial charge in [-0.1, -0.05) is 11.6 Å². The molecule has 3 amide bonds. The lowest BCUT2D eigenvalue weighted by Gasteiger charge is -2.38. The lowest BCUT2D eigenvalue weighted by Crippen LogP contribution is -2.55. The Balaban J connectivity index is 0.000000696. The number of carboxylic acids is 2. The van der Waals surface area contributed by atoms with Crippen molar-refractivity contribution in [1.29, 1.82) is 0 Å². The van der Waals surface area contributed by atoms with Gasteiger partial charge in [0, 0.05) is 58.4 Å². The number of fused-ring (bicyclic) bond motifs is 1. The van der Waals surface area contributed by atoms with Gasteiger partial charge in [0.05, 0.1) is 28.4 Å². The summed E-state index contributed by atoms with van der Waals surface area (Å²) in [6.07, 6.45) is 2.16. The highest BCUT2D eigenvalue weighted by atomic mass is 35.5. The number of hydrogen-bond acceptors (Lipinski definition) is 8. The third kappa shape index (κ3) is 7.92. The number of carboxylic acid groups (broad SMARTS) is 2. The first-order chi connectivity index (χ1) is 19.3. The number of benzene rings is 1. The maximum Gasteiger partial charge on any atom is 0.414 e. The van der Waals surface area contributed by atoms with Crippen molar-refractivity contribution in [2.45, 2.75) is 57.8 Å². The third-order valence-electron chi connectivity index (χ3n) is 7.51. The summed E-state index contributed by atoms with van der Waals surface area (Å²) in [6, 6.07) is 1.62. The van der Waals surface area contributed by atoms with E-state index in [1.54, 1.807) is 13.2 Å². The van der Waals surface area contributed by atoms with Crippen LogP contribution >= 0.6 is 11.6 Å². The standard InChI is InChI=1S/C25H38ClN5O4.C2H2O4/c1-5-30-11-12-31(24(30)33)9-6-8-29-10-7-19(20(15-29)34-4)28-23(32)16-13-18(26)21(27)17-14-25(2,3)35-22(16)17;3-1(4)2(5)6/h13,19-20H,5-12,14-15,27H2,1-4H3,(H,28,32);(H,3,4)(H,5,6)/t19-,20+;/m0./s1. The Morgan fingerprint density at radius 2 is 1.83 bits per heavy atom. The van der Waals surface area contributed by atoms with Gasteiger partial charge in [-0.15, -0.1) is 0 Å². The minimum atomic E-state index is -1.82. The number of carbonyl (C=O) groups excluding carboxylic acids is 2. The zero-order chi connectivity index (χ0) is 30.5. The van der Waals surface area contributed by atoms with Crippen molar-refractivity contribution in [3.05, 3.63) is 22.2 Å². The monoisotopic (exact) mass is 597 g/mol. The van der Waals surface area contributed by atoms with E-state index in [1.165, 1.54) is 0 Å². The van der Waals surface area contributed by atoms with Crippen molar-refractivity contribution in [3.8, 4) is 5.75 Å². The molecular weight excluding hydrogens is 558 g/mol. The van der Waals surface area contributed by atoms with E-state index in [0.717, 1.165) is 64.2 Å². The molecule has 3 aliphatic heterocycles. The molecule has 228 valence electrons. The molecule has 41 heavy (non-hydrogen) atoms. The van der Waals surface area contributed by atoms with Crippen LogP contribution in [0, 0.1) is 0 Å². The van der Waals surface area contributed by atoms with Crippen LogP contribution in [0.1, 0.15) is 49.5 Å². The van der Waals surface area contributed by atoms with Crippen molar-refractivity contribution in [2.24, 2.45) is 0 Å². The van der Waals surface area contributed by atoms with Crippen LogP contribution in [-0.4, -0.2) is 119 Å². The highest BCUT2D eigenvalue weighted by Gasteiger charge is 2.37. The first kappa shape index (κ1) is 32.2. The number of anilines is 1. The number of carbonyl (C=O) groups is 4. The molecule has 13 nitrogen and oxygen atoms in total. The molecule has 5 N–H and O–H groups in total. The first-order valence-electron chi connectivity index (χ1n) is 13.6. The second kappa shape index (κ2) is 13.6. The van der Waals surface area contributed by atoms with Crippen LogP contribution in [0.15, 0.2) is 6.07 Å². The van der Waals surface area contributed by atoms with Crippen LogP contribution in [0.3, 0.4) is 0 Å². The molecule has 2 fully saturated rings. The van der Waals surface area contributed by atoms with Gasteiger partial charge >= 0.3 is 18.0 Å². The second-order valence-corrected chi connectivity index (χ2v) is 11.3. The highest BCUT2D eigenvalue weighted by molar-refractivity contribution is 6.34. The molecule has 0 saturated carbocycles. The predicted molar refractivity (Wildman–Crippen MR) is 151 cm³/mol. The molecule has 0 bridgehead atoms. The molecule has 3 aliphatic rings. The molecule has 2 saturated heterocycles. The molecule has 4 rings (SSSR count). The zero-order valence-corrected chi connectivity index (χ0v) is 24.7. The average molecular weight is 598 g/mol. The molecule has 0 aliphatic carbocycles. The summed E-state index contributed by atoms with van der Waals surface area (Å²) >= 11 is 6.35. The largest absolute Gasteiger partial charge is 0.486 e. The number of halogens is 1. The Morgan fingerprint density at radius 3 is 2.41 bits per heavy atom. The molecule has 1 aromatic rings. The van der Waals surface area contributed by atoms with Crippen LogP contribution < -0.4 is 15.8 Å². The molecule has 0 aromatic heterocycles. The van der Waals surface area contributed by atoms with Crippen LogP contribution in [0.2, 0.25) is 5.02 Å². The molecular formula is C27H40ClN5O8. The van der Waals surface area contributed by atoms with E-state index in [2.05, 4.69) is 10.2 Å². The zero-order valence-electron chi connectivity index (χ0n) is 23.9. The number of urea groups is 1. The molecule has 14 heteroatoms. The Kier molecular flexibility index (Phi) is 10.7. The van der Waals surface area contributed by atoms with E-state index in [0.29, 0.717) is 28.4 Å². The van der Waals surface area contributed by atoms with Crippen molar-refractivity contribution >= 4 is 41.2 Å². The summed E-state index contributed by atoms with van der Waals surface area (Å²) < 4.78 is 11.8. The molecule has 3 heterocycles. The topological polar surface area (TPSA) is 175 Å². The Labute approximate surface area is 244 Å². The summed E-state index contributed by atoms with van der Waals surface area (Å²) in [5.41, 5.74) is 7.42. The minimum absolute atomic E-state index is 0.122. The number of hydrogen-bond donors (Lipinski definition) is 4. The smallest absolute Gasteiger partial charge is 0.414 e. The van der Waals surface area contributed by atoms with Crippen LogP contribution in [0.4, 0.5) is 10.5 Å². The fourth-order valence-corrected chi connectivity index (χ4v) is 5.57. The average Bonchev–Trinajstić information content (AvgIpc) is 3.45. The van der Waals surface area contributed by atoms with Gasteiger partial charge in [0.2, 0.25) is 0 Å². The van der Waals surface area contributed by atoms with Gasteiger partial charge < -0.3 is 45.4 Å². The second-order valence-electron chi connectivity index (χ2n) is 10.9. The van der Waals surface area contributed by atoms with Crippen molar-refractivity contribution in [1.82, 2.24) is 20.0 Å².